The van der Waals surface area contributed by atoms with E-state index < -0.39 is 0 Å². The van der Waals surface area contributed by atoms with Crippen molar-refractivity contribution in [2.75, 3.05) is 45.9 Å². The smallest absolute Gasteiger partial charge is 0.139 e. The van der Waals surface area contributed by atoms with Crippen molar-refractivity contribution in [1.29, 1.82) is 0 Å². The van der Waals surface area contributed by atoms with E-state index in [1.54, 1.807) is 19.5 Å². The number of ether oxygens (including phenoxy) is 3. The van der Waals surface area contributed by atoms with E-state index in [0.29, 0.717) is 19.8 Å². The summed E-state index contributed by atoms with van der Waals surface area (Å²) in [5, 5.41) is 3.00. The SMILES string of the molecule is CNc1cncc(OCCOCCCOC)c1. The van der Waals surface area contributed by atoms with Gasteiger partial charge in [0.05, 0.1) is 24.7 Å². The molecule has 0 saturated carbocycles. The number of aromatic nitrogens is 1. The second kappa shape index (κ2) is 8.78. The number of anilines is 1. The second-order valence-electron chi connectivity index (χ2n) is 3.47. The third kappa shape index (κ3) is 6.09. The molecule has 1 aromatic rings. The monoisotopic (exact) mass is 240 g/mol. The van der Waals surface area contributed by atoms with Crippen molar-refractivity contribution in [3.63, 3.8) is 0 Å². The van der Waals surface area contributed by atoms with Crippen molar-refractivity contribution in [2.24, 2.45) is 0 Å². The summed E-state index contributed by atoms with van der Waals surface area (Å²) in [5.41, 5.74) is 0.934. The molecule has 0 aromatic carbocycles. The van der Waals surface area contributed by atoms with Crippen molar-refractivity contribution in [3.8, 4) is 5.75 Å². The summed E-state index contributed by atoms with van der Waals surface area (Å²) in [7, 11) is 3.53. The van der Waals surface area contributed by atoms with Crippen LogP contribution in [0.5, 0.6) is 5.75 Å². The first-order chi connectivity index (χ1) is 8.36. The Morgan fingerprint density at radius 2 is 2.06 bits per heavy atom. The lowest BCUT2D eigenvalue weighted by Crippen LogP contribution is -2.08. The van der Waals surface area contributed by atoms with E-state index in [-0.39, 0.29) is 0 Å². The lowest BCUT2D eigenvalue weighted by atomic mass is 10.4. The zero-order valence-electron chi connectivity index (χ0n) is 10.4. The van der Waals surface area contributed by atoms with E-state index in [4.69, 9.17) is 14.2 Å². The maximum atomic E-state index is 5.50. The third-order valence-corrected chi connectivity index (χ3v) is 2.14. The minimum absolute atomic E-state index is 0.530. The first kappa shape index (κ1) is 13.7. The molecule has 1 rings (SSSR count). The van der Waals surface area contributed by atoms with Gasteiger partial charge in [0.25, 0.3) is 0 Å². The molecule has 0 saturated heterocycles. The minimum Gasteiger partial charge on any atom is -0.489 e. The van der Waals surface area contributed by atoms with Crippen molar-refractivity contribution in [3.05, 3.63) is 18.5 Å². The van der Waals surface area contributed by atoms with E-state index in [2.05, 4.69) is 10.3 Å². The van der Waals surface area contributed by atoms with Crippen LogP contribution in [0.4, 0.5) is 5.69 Å². The van der Waals surface area contributed by atoms with Crippen molar-refractivity contribution >= 4 is 5.69 Å². The first-order valence-corrected chi connectivity index (χ1v) is 5.69. The molecule has 1 heterocycles. The fourth-order valence-electron chi connectivity index (χ4n) is 1.26. The molecular weight excluding hydrogens is 220 g/mol. The molecule has 0 atom stereocenters. The van der Waals surface area contributed by atoms with Gasteiger partial charge in [-0.2, -0.15) is 0 Å². The van der Waals surface area contributed by atoms with E-state index in [0.717, 1.165) is 24.5 Å². The standard InChI is InChI=1S/C12H20N2O3/c1-13-11-8-12(10-14-9-11)17-7-6-16-5-3-4-15-2/h8-10,13H,3-7H2,1-2H3. The summed E-state index contributed by atoms with van der Waals surface area (Å²) in [6, 6.07) is 1.90. The highest BCUT2D eigenvalue weighted by Gasteiger charge is 1.96. The highest BCUT2D eigenvalue weighted by molar-refractivity contribution is 5.44. The molecule has 0 aliphatic carbocycles. The van der Waals surface area contributed by atoms with Crippen LogP contribution in [-0.4, -0.2) is 45.6 Å². The van der Waals surface area contributed by atoms with Crippen molar-refractivity contribution in [2.45, 2.75) is 6.42 Å². The number of hydrogen-bond acceptors (Lipinski definition) is 5. The van der Waals surface area contributed by atoms with E-state index >= 15 is 0 Å². The van der Waals surface area contributed by atoms with Crippen molar-refractivity contribution < 1.29 is 14.2 Å². The number of hydrogen-bond donors (Lipinski definition) is 1. The Balaban J connectivity index is 2.09. The van der Waals surface area contributed by atoms with Crippen LogP contribution in [0.2, 0.25) is 0 Å². The summed E-state index contributed by atoms with van der Waals surface area (Å²) in [6.07, 6.45) is 4.34. The molecule has 0 unspecified atom stereocenters. The number of nitrogens with one attached hydrogen (secondary N) is 1. The second-order valence-corrected chi connectivity index (χ2v) is 3.47. The van der Waals surface area contributed by atoms with Crippen LogP contribution >= 0.6 is 0 Å². The van der Waals surface area contributed by atoms with E-state index in [1.807, 2.05) is 13.1 Å². The Bertz CT molecular complexity index is 308. The number of rotatable bonds is 9. The number of methoxy groups -OCH3 is 1. The van der Waals surface area contributed by atoms with Gasteiger partial charge in [0.2, 0.25) is 0 Å². The first-order valence-electron chi connectivity index (χ1n) is 5.69. The maximum Gasteiger partial charge on any atom is 0.139 e. The number of pyridine rings is 1. The molecule has 17 heavy (non-hydrogen) atoms. The maximum absolute atomic E-state index is 5.50. The Hall–Kier alpha value is -1.33. The molecule has 5 nitrogen and oxygen atoms in total. The van der Waals surface area contributed by atoms with Gasteiger partial charge in [0, 0.05) is 33.4 Å². The Morgan fingerprint density at radius 3 is 2.82 bits per heavy atom. The average Bonchev–Trinajstić information content (AvgIpc) is 2.38. The topological polar surface area (TPSA) is 52.6 Å². The van der Waals surface area contributed by atoms with E-state index in [1.165, 1.54) is 0 Å². The summed E-state index contributed by atoms with van der Waals surface area (Å²) in [5.74, 6) is 0.748. The van der Waals surface area contributed by atoms with E-state index in [9.17, 15) is 0 Å². The molecular formula is C12H20N2O3. The molecule has 0 bridgehead atoms. The summed E-state index contributed by atoms with van der Waals surface area (Å²) in [4.78, 5) is 4.05. The molecule has 96 valence electrons. The highest BCUT2D eigenvalue weighted by Crippen LogP contribution is 2.14. The van der Waals surface area contributed by atoms with Crippen molar-refractivity contribution in [1.82, 2.24) is 4.98 Å². The lowest BCUT2D eigenvalue weighted by Gasteiger charge is -2.08. The summed E-state index contributed by atoms with van der Waals surface area (Å²) in [6.45, 7) is 2.54. The molecule has 0 aliphatic heterocycles. The zero-order valence-corrected chi connectivity index (χ0v) is 10.4. The van der Waals surface area contributed by atoms with Crippen LogP contribution < -0.4 is 10.1 Å². The summed E-state index contributed by atoms with van der Waals surface area (Å²) < 4.78 is 15.8. The largest absolute Gasteiger partial charge is 0.489 e. The molecule has 0 radical (unpaired) electrons. The molecule has 0 fully saturated rings. The Kier molecular flexibility index (Phi) is 7.09. The van der Waals surface area contributed by atoms with Gasteiger partial charge in [-0.25, -0.2) is 0 Å². The fourth-order valence-corrected chi connectivity index (χ4v) is 1.26. The Morgan fingerprint density at radius 1 is 1.18 bits per heavy atom. The lowest BCUT2D eigenvalue weighted by molar-refractivity contribution is 0.0806. The zero-order chi connectivity index (χ0) is 12.3. The van der Waals surface area contributed by atoms with Gasteiger partial charge in [0.15, 0.2) is 0 Å². The van der Waals surface area contributed by atoms with Crippen LogP contribution in [0, 0.1) is 0 Å². The van der Waals surface area contributed by atoms with Gasteiger partial charge in [0.1, 0.15) is 12.4 Å². The van der Waals surface area contributed by atoms with Crippen LogP contribution in [0.1, 0.15) is 6.42 Å². The molecule has 5 heteroatoms. The predicted molar refractivity (Wildman–Crippen MR) is 66.6 cm³/mol. The van der Waals surface area contributed by atoms with Gasteiger partial charge < -0.3 is 19.5 Å². The van der Waals surface area contributed by atoms with Gasteiger partial charge in [-0.1, -0.05) is 0 Å². The van der Waals surface area contributed by atoms with Crippen LogP contribution in [0.3, 0.4) is 0 Å². The molecule has 0 aliphatic rings. The highest BCUT2D eigenvalue weighted by atomic mass is 16.5. The molecule has 1 N–H and O–H groups in total. The summed E-state index contributed by atoms with van der Waals surface area (Å²) >= 11 is 0. The van der Waals surface area contributed by atoms with Crippen LogP contribution in [-0.2, 0) is 9.47 Å². The van der Waals surface area contributed by atoms with Gasteiger partial charge in [-0.3, -0.25) is 4.98 Å². The Labute approximate surface area is 102 Å². The molecule has 1 aromatic heterocycles. The van der Waals surface area contributed by atoms with Crippen LogP contribution in [0.15, 0.2) is 18.5 Å². The van der Waals surface area contributed by atoms with Gasteiger partial charge >= 0.3 is 0 Å². The fraction of sp³-hybridized carbons (Fsp3) is 0.583. The average molecular weight is 240 g/mol. The van der Waals surface area contributed by atoms with Gasteiger partial charge in [-0.05, 0) is 6.42 Å². The molecule has 0 amide bonds. The quantitative estimate of drug-likeness (QED) is 0.664. The van der Waals surface area contributed by atoms with Crippen LogP contribution in [0.25, 0.3) is 0 Å². The van der Waals surface area contributed by atoms with Gasteiger partial charge in [-0.15, -0.1) is 0 Å². The number of nitrogens with zero attached hydrogens (tertiary/aromatic N) is 1. The minimum atomic E-state index is 0.530. The molecule has 0 spiro atoms. The normalized spacial score (nSPS) is 10.2. The third-order valence-electron chi connectivity index (χ3n) is 2.14. The predicted octanol–water partition coefficient (Wildman–Crippen LogP) is 1.56.